The van der Waals surface area contributed by atoms with Crippen molar-refractivity contribution in [1.29, 1.82) is 0 Å². The summed E-state index contributed by atoms with van der Waals surface area (Å²) in [6.45, 7) is 0. The molecule has 1 aromatic rings. The second-order valence-electron chi connectivity index (χ2n) is 5.85. The second kappa shape index (κ2) is 5.37. The Morgan fingerprint density at radius 3 is 2.57 bits per heavy atom. The van der Waals surface area contributed by atoms with Crippen molar-refractivity contribution < 1.29 is 18.3 Å². The molecule has 2 bridgehead atoms. The smallest absolute Gasteiger partial charge is 0.335 e. The largest absolute Gasteiger partial charge is 0.478 e. The third kappa shape index (κ3) is 2.86. The molecule has 0 aromatic heterocycles. The summed E-state index contributed by atoms with van der Waals surface area (Å²) in [7, 11) is -3.63. The molecule has 21 heavy (non-hydrogen) atoms. The molecular formula is C14H16BrNO4S. The number of carboxylic acid groups (broad SMARTS) is 1. The van der Waals surface area contributed by atoms with Crippen molar-refractivity contribution in [2.45, 2.75) is 36.6 Å². The molecule has 3 unspecified atom stereocenters. The van der Waals surface area contributed by atoms with Crippen molar-refractivity contribution in [2.75, 3.05) is 0 Å². The van der Waals surface area contributed by atoms with Crippen molar-refractivity contribution in [2.24, 2.45) is 11.8 Å². The SMILES string of the molecule is O=C(O)c1ccc(S(=O)(=O)NC2CC3CCC2C3)c(Br)c1. The fraction of sp³-hybridized carbons (Fsp3) is 0.500. The van der Waals surface area contributed by atoms with Gasteiger partial charge in [0.05, 0.1) is 10.5 Å². The van der Waals surface area contributed by atoms with Gasteiger partial charge in [-0.15, -0.1) is 0 Å². The number of halogens is 1. The Balaban J connectivity index is 1.83. The summed E-state index contributed by atoms with van der Waals surface area (Å²) in [5.41, 5.74) is 0.0562. The van der Waals surface area contributed by atoms with Gasteiger partial charge in [-0.1, -0.05) is 6.42 Å². The van der Waals surface area contributed by atoms with E-state index in [1.807, 2.05) is 0 Å². The highest BCUT2D eigenvalue weighted by Crippen LogP contribution is 2.45. The first-order valence-corrected chi connectivity index (χ1v) is 9.19. The van der Waals surface area contributed by atoms with E-state index >= 15 is 0 Å². The van der Waals surface area contributed by atoms with Crippen LogP contribution in [0.2, 0.25) is 0 Å². The predicted octanol–water partition coefficient (Wildman–Crippen LogP) is 2.61. The van der Waals surface area contributed by atoms with Crippen LogP contribution < -0.4 is 4.72 Å². The minimum absolute atomic E-state index is 0.0137. The van der Waals surface area contributed by atoms with E-state index < -0.39 is 16.0 Å². The summed E-state index contributed by atoms with van der Waals surface area (Å²) < 4.78 is 28.0. The van der Waals surface area contributed by atoms with Gasteiger partial charge in [0, 0.05) is 10.5 Å². The van der Waals surface area contributed by atoms with Crippen LogP contribution >= 0.6 is 15.9 Å². The Labute approximate surface area is 131 Å². The number of rotatable bonds is 4. The average Bonchev–Trinajstić information content (AvgIpc) is 2.99. The molecule has 0 aliphatic heterocycles. The molecule has 2 aliphatic rings. The van der Waals surface area contributed by atoms with E-state index in [0.717, 1.165) is 19.3 Å². The second-order valence-corrected chi connectivity index (χ2v) is 8.39. The minimum Gasteiger partial charge on any atom is -0.478 e. The number of sulfonamides is 1. The monoisotopic (exact) mass is 373 g/mol. The van der Waals surface area contributed by atoms with Crippen LogP contribution in [0.4, 0.5) is 0 Å². The van der Waals surface area contributed by atoms with E-state index in [0.29, 0.717) is 11.8 Å². The van der Waals surface area contributed by atoms with Crippen LogP contribution in [0.5, 0.6) is 0 Å². The van der Waals surface area contributed by atoms with Gasteiger partial charge < -0.3 is 5.11 Å². The Morgan fingerprint density at radius 1 is 1.29 bits per heavy atom. The number of aromatic carboxylic acids is 1. The maximum absolute atomic E-state index is 12.5. The Bertz CT molecular complexity index is 688. The number of fused-ring (bicyclic) bond motifs is 2. The molecule has 0 heterocycles. The van der Waals surface area contributed by atoms with Crippen LogP contribution in [-0.2, 0) is 10.0 Å². The van der Waals surface area contributed by atoms with Crippen LogP contribution in [0, 0.1) is 11.8 Å². The standard InChI is InChI=1S/C14H16BrNO4S/c15-11-7-10(14(17)18)3-4-13(11)21(19,20)16-12-6-8-1-2-9(12)5-8/h3-4,7-9,12,16H,1-2,5-6H2,(H,17,18). The summed E-state index contributed by atoms with van der Waals surface area (Å²) in [6, 6.07) is 3.98. The van der Waals surface area contributed by atoms with E-state index in [-0.39, 0.29) is 21.0 Å². The van der Waals surface area contributed by atoms with Gasteiger partial charge in [0.1, 0.15) is 0 Å². The maximum Gasteiger partial charge on any atom is 0.335 e. The van der Waals surface area contributed by atoms with Crippen LogP contribution in [0.25, 0.3) is 0 Å². The van der Waals surface area contributed by atoms with E-state index in [9.17, 15) is 13.2 Å². The highest BCUT2D eigenvalue weighted by atomic mass is 79.9. The van der Waals surface area contributed by atoms with Crippen molar-refractivity contribution in [3.8, 4) is 0 Å². The summed E-state index contributed by atoms with van der Waals surface area (Å²) in [5.74, 6) is 0.0167. The Hall–Kier alpha value is -0.920. The summed E-state index contributed by atoms with van der Waals surface area (Å²) in [5, 5.41) is 8.92. The molecule has 2 saturated carbocycles. The molecular weight excluding hydrogens is 358 g/mol. The van der Waals surface area contributed by atoms with Gasteiger partial charge in [-0.05, 0) is 65.2 Å². The fourth-order valence-electron chi connectivity index (χ4n) is 3.50. The van der Waals surface area contributed by atoms with Crippen molar-refractivity contribution in [3.05, 3.63) is 28.2 Å². The molecule has 0 radical (unpaired) electrons. The normalized spacial score (nSPS) is 28.0. The van der Waals surface area contributed by atoms with Crippen LogP contribution in [0.1, 0.15) is 36.0 Å². The highest BCUT2D eigenvalue weighted by molar-refractivity contribution is 9.10. The van der Waals surface area contributed by atoms with Crippen LogP contribution in [-0.4, -0.2) is 25.5 Å². The number of carboxylic acids is 1. The number of benzene rings is 1. The van der Waals surface area contributed by atoms with Gasteiger partial charge >= 0.3 is 5.97 Å². The van der Waals surface area contributed by atoms with Gasteiger partial charge in [0.15, 0.2) is 0 Å². The predicted molar refractivity (Wildman–Crippen MR) is 80.7 cm³/mol. The lowest BCUT2D eigenvalue weighted by Gasteiger charge is -2.23. The molecule has 1 aromatic carbocycles. The molecule has 2 N–H and O–H groups in total. The van der Waals surface area contributed by atoms with Gasteiger partial charge in [0.2, 0.25) is 10.0 Å². The molecule has 114 valence electrons. The van der Waals surface area contributed by atoms with Gasteiger partial charge in [-0.25, -0.2) is 17.9 Å². The van der Waals surface area contributed by atoms with Gasteiger partial charge in [-0.3, -0.25) is 0 Å². The molecule has 2 fully saturated rings. The molecule has 0 saturated heterocycles. The lowest BCUT2D eigenvalue weighted by atomic mass is 9.96. The van der Waals surface area contributed by atoms with Gasteiger partial charge in [0.25, 0.3) is 0 Å². The van der Waals surface area contributed by atoms with Crippen molar-refractivity contribution in [3.63, 3.8) is 0 Å². The van der Waals surface area contributed by atoms with Crippen molar-refractivity contribution >= 4 is 31.9 Å². The zero-order chi connectivity index (χ0) is 15.2. The van der Waals surface area contributed by atoms with E-state index in [1.165, 1.54) is 24.6 Å². The molecule has 0 amide bonds. The van der Waals surface area contributed by atoms with Crippen LogP contribution in [0.3, 0.4) is 0 Å². The van der Waals surface area contributed by atoms with Crippen molar-refractivity contribution in [1.82, 2.24) is 4.72 Å². The lowest BCUT2D eigenvalue weighted by Crippen LogP contribution is -2.38. The minimum atomic E-state index is -3.63. The number of hydrogen-bond donors (Lipinski definition) is 2. The molecule has 0 spiro atoms. The number of hydrogen-bond acceptors (Lipinski definition) is 3. The molecule has 2 aliphatic carbocycles. The van der Waals surface area contributed by atoms with E-state index in [2.05, 4.69) is 20.7 Å². The average molecular weight is 374 g/mol. The zero-order valence-electron chi connectivity index (χ0n) is 11.3. The first-order chi connectivity index (χ1) is 9.87. The van der Waals surface area contributed by atoms with E-state index in [4.69, 9.17) is 5.11 Å². The Morgan fingerprint density at radius 2 is 2.05 bits per heavy atom. The molecule has 7 heteroatoms. The summed E-state index contributed by atoms with van der Waals surface area (Å²) in [4.78, 5) is 11.0. The third-order valence-electron chi connectivity index (χ3n) is 4.51. The fourth-order valence-corrected chi connectivity index (χ4v) is 5.90. The topological polar surface area (TPSA) is 83.5 Å². The third-order valence-corrected chi connectivity index (χ3v) is 6.98. The summed E-state index contributed by atoms with van der Waals surface area (Å²) in [6.07, 6.45) is 4.33. The quantitative estimate of drug-likeness (QED) is 0.849. The highest BCUT2D eigenvalue weighted by Gasteiger charge is 2.41. The first-order valence-electron chi connectivity index (χ1n) is 6.92. The summed E-state index contributed by atoms with van der Waals surface area (Å²) >= 11 is 3.16. The lowest BCUT2D eigenvalue weighted by molar-refractivity contribution is 0.0696. The zero-order valence-corrected chi connectivity index (χ0v) is 13.7. The van der Waals surface area contributed by atoms with E-state index in [1.54, 1.807) is 0 Å². The number of carbonyl (C=O) groups is 1. The first kappa shape index (κ1) is 15.0. The van der Waals surface area contributed by atoms with Gasteiger partial charge in [-0.2, -0.15) is 0 Å². The Kier molecular flexibility index (Phi) is 3.83. The number of nitrogens with one attached hydrogen (secondary N) is 1. The molecule has 5 nitrogen and oxygen atoms in total. The molecule has 3 rings (SSSR count). The van der Waals surface area contributed by atoms with Crippen LogP contribution in [0.15, 0.2) is 27.6 Å². The maximum atomic E-state index is 12.5. The molecule has 3 atom stereocenters.